The number of nitrogens with two attached hydrogens (primary N) is 1. The van der Waals surface area contributed by atoms with E-state index < -0.39 is 12.0 Å². The van der Waals surface area contributed by atoms with Crippen molar-refractivity contribution in [2.45, 2.75) is 18.9 Å². The molecule has 1 atom stereocenters. The molecular formula is C11H15NO3. The van der Waals surface area contributed by atoms with Gasteiger partial charge in [0.15, 0.2) is 0 Å². The Morgan fingerprint density at radius 1 is 1.53 bits per heavy atom. The second-order valence-corrected chi connectivity index (χ2v) is 3.30. The second-order valence-electron chi connectivity index (χ2n) is 3.30. The summed E-state index contributed by atoms with van der Waals surface area (Å²) in [6.45, 7) is 0. The first-order valence-electron chi connectivity index (χ1n) is 4.75. The highest BCUT2D eigenvalue weighted by molar-refractivity contribution is 5.73. The standard InChI is InChI=1S/C11H15NO3/c1-15-10-5-3-2-4-8(10)6-7-9(12)11(13)14/h2-5,9H,6-7,12H2,1H3,(H,13,14)/t9-/m0/s1. The van der Waals surface area contributed by atoms with Crippen molar-refractivity contribution in [2.24, 2.45) is 5.73 Å². The van der Waals surface area contributed by atoms with Gasteiger partial charge in [0, 0.05) is 0 Å². The third-order valence-electron chi connectivity index (χ3n) is 2.23. The molecule has 4 heteroatoms. The zero-order valence-corrected chi connectivity index (χ0v) is 8.64. The quantitative estimate of drug-likeness (QED) is 0.760. The lowest BCUT2D eigenvalue weighted by Gasteiger charge is -2.09. The summed E-state index contributed by atoms with van der Waals surface area (Å²) in [6, 6.07) is 6.72. The average molecular weight is 209 g/mol. The van der Waals surface area contributed by atoms with E-state index in [9.17, 15) is 4.79 Å². The summed E-state index contributed by atoms with van der Waals surface area (Å²) in [5, 5.41) is 8.63. The maximum absolute atomic E-state index is 10.5. The smallest absolute Gasteiger partial charge is 0.320 e. The minimum Gasteiger partial charge on any atom is -0.496 e. The largest absolute Gasteiger partial charge is 0.496 e. The molecule has 4 nitrogen and oxygen atoms in total. The van der Waals surface area contributed by atoms with Crippen LogP contribution >= 0.6 is 0 Å². The van der Waals surface area contributed by atoms with Crippen LogP contribution < -0.4 is 10.5 Å². The molecule has 0 heterocycles. The highest BCUT2D eigenvalue weighted by Crippen LogP contribution is 2.19. The fourth-order valence-electron chi connectivity index (χ4n) is 1.34. The monoisotopic (exact) mass is 209 g/mol. The number of para-hydroxylation sites is 1. The number of carboxylic acid groups (broad SMARTS) is 1. The molecule has 15 heavy (non-hydrogen) atoms. The van der Waals surface area contributed by atoms with Crippen LogP contribution in [0.5, 0.6) is 5.75 Å². The number of hydrogen-bond donors (Lipinski definition) is 2. The molecular weight excluding hydrogens is 194 g/mol. The Kier molecular flexibility index (Phi) is 4.12. The summed E-state index contributed by atoms with van der Waals surface area (Å²) < 4.78 is 5.15. The minimum absolute atomic E-state index is 0.412. The highest BCUT2D eigenvalue weighted by atomic mass is 16.5. The average Bonchev–Trinajstić information content (AvgIpc) is 2.26. The van der Waals surface area contributed by atoms with Crippen LogP contribution in [0.4, 0.5) is 0 Å². The lowest BCUT2D eigenvalue weighted by molar-refractivity contribution is -0.138. The van der Waals surface area contributed by atoms with Crippen LogP contribution in [0.3, 0.4) is 0 Å². The van der Waals surface area contributed by atoms with Gasteiger partial charge in [-0.15, -0.1) is 0 Å². The van der Waals surface area contributed by atoms with Crippen molar-refractivity contribution in [1.82, 2.24) is 0 Å². The van der Waals surface area contributed by atoms with E-state index in [1.165, 1.54) is 0 Å². The van der Waals surface area contributed by atoms with Crippen LogP contribution in [-0.2, 0) is 11.2 Å². The number of hydrogen-bond acceptors (Lipinski definition) is 3. The molecule has 0 amide bonds. The molecule has 0 aliphatic carbocycles. The Balaban J connectivity index is 2.60. The van der Waals surface area contributed by atoms with Crippen molar-refractivity contribution in [3.63, 3.8) is 0 Å². The van der Waals surface area contributed by atoms with Gasteiger partial charge in [0.1, 0.15) is 11.8 Å². The van der Waals surface area contributed by atoms with Crippen molar-refractivity contribution >= 4 is 5.97 Å². The number of methoxy groups -OCH3 is 1. The van der Waals surface area contributed by atoms with Crippen LogP contribution in [0, 0.1) is 0 Å². The van der Waals surface area contributed by atoms with Gasteiger partial charge in [-0.05, 0) is 24.5 Å². The van der Waals surface area contributed by atoms with Crippen LogP contribution in [0.1, 0.15) is 12.0 Å². The van der Waals surface area contributed by atoms with Gasteiger partial charge in [-0.25, -0.2) is 0 Å². The van der Waals surface area contributed by atoms with E-state index in [0.29, 0.717) is 12.8 Å². The fraction of sp³-hybridized carbons (Fsp3) is 0.364. The Bertz CT molecular complexity index is 338. The van der Waals surface area contributed by atoms with Gasteiger partial charge < -0.3 is 15.6 Å². The van der Waals surface area contributed by atoms with Gasteiger partial charge in [0.05, 0.1) is 7.11 Å². The van der Waals surface area contributed by atoms with Gasteiger partial charge >= 0.3 is 5.97 Å². The maximum atomic E-state index is 10.5. The second kappa shape index (κ2) is 5.36. The van der Waals surface area contributed by atoms with E-state index in [2.05, 4.69) is 0 Å². The summed E-state index contributed by atoms with van der Waals surface area (Å²) in [6.07, 6.45) is 1.02. The van der Waals surface area contributed by atoms with E-state index in [4.69, 9.17) is 15.6 Å². The Morgan fingerprint density at radius 3 is 2.80 bits per heavy atom. The Labute approximate surface area is 88.7 Å². The Morgan fingerprint density at radius 2 is 2.20 bits per heavy atom. The van der Waals surface area contributed by atoms with Crippen molar-refractivity contribution in [2.75, 3.05) is 7.11 Å². The predicted molar refractivity (Wildman–Crippen MR) is 56.9 cm³/mol. The zero-order valence-electron chi connectivity index (χ0n) is 8.64. The molecule has 0 aromatic heterocycles. The van der Waals surface area contributed by atoms with Gasteiger partial charge in [0.25, 0.3) is 0 Å². The molecule has 3 N–H and O–H groups in total. The summed E-state index contributed by atoms with van der Waals surface area (Å²) in [5.74, 6) is -0.194. The lowest BCUT2D eigenvalue weighted by Crippen LogP contribution is -2.30. The van der Waals surface area contributed by atoms with E-state index in [-0.39, 0.29) is 0 Å². The molecule has 0 aliphatic heterocycles. The van der Waals surface area contributed by atoms with Crippen molar-refractivity contribution in [1.29, 1.82) is 0 Å². The lowest BCUT2D eigenvalue weighted by atomic mass is 10.1. The number of benzene rings is 1. The summed E-state index contributed by atoms with van der Waals surface area (Å²) in [4.78, 5) is 10.5. The number of aliphatic carboxylic acids is 1. The molecule has 0 radical (unpaired) electrons. The molecule has 1 aromatic rings. The number of rotatable bonds is 5. The first-order chi connectivity index (χ1) is 7.15. The predicted octanol–water partition coefficient (Wildman–Crippen LogP) is 1.04. The molecule has 82 valence electrons. The molecule has 0 saturated carbocycles. The van der Waals surface area contributed by atoms with E-state index >= 15 is 0 Å². The molecule has 0 fully saturated rings. The topological polar surface area (TPSA) is 72.5 Å². The zero-order chi connectivity index (χ0) is 11.3. The van der Waals surface area contributed by atoms with Gasteiger partial charge in [-0.2, -0.15) is 0 Å². The van der Waals surface area contributed by atoms with Gasteiger partial charge in [-0.1, -0.05) is 18.2 Å². The van der Waals surface area contributed by atoms with E-state index in [1.54, 1.807) is 7.11 Å². The first-order valence-corrected chi connectivity index (χ1v) is 4.75. The number of carboxylic acids is 1. The fourth-order valence-corrected chi connectivity index (χ4v) is 1.34. The first kappa shape index (κ1) is 11.5. The van der Waals surface area contributed by atoms with Crippen LogP contribution in [0.2, 0.25) is 0 Å². The van der Waals surface area contributed by atoms with E-state index in [1.807, 2.05) is 24.3 Å². The van der Waals surface area contributed by atoms with Crippen LogP contribution in [-0.4, -0.2) is 24.2 Å². The Hall–Kier alpha value is -1.55. The number of ether oxygens (including phenoxy) is 1. The number of aryl methyl sites for hydroxylation is 1. The molecule has 0 saturated heterocycles. The third kappa shape index (κ3) is 3.25. The number of carbonyl (C=O) groups is 1. The minimum atomic E-state index is -0.968. The SMILES string of the molecule is COc1ccccc1CC[C@H](N)C(=O)O. The molecule has 0 spiro atoms. The van der Waals surface area contributed by atoms with E-state index in [0.717, 1.165) is 11.3 Å². The molecule has 1 rings (SSSR count). The molecule has 0 aliphatic rings. The van der Waals surface area contributed by atoms with Crippen molar-refractivity contribution < 1.29 is 14.6 Å². The normalized spacial score (nSPS) is 12.1. The summed E-state index contributed by atoms with van der Waals surface area (Å²) in [7, 11) is 1.59. The highest BCUT2D eigenvalue weighted by Gasteiger charge is 2.12. The molecule has 0 bridgehead atoms. The van der Waals surface area contributed by atoms with Crippen LogP contribution in [0.15, 0.2) is 24.3 Å². The van der Waals surface area contributed by atoms with Gasteiger partial charge in [-0.3, -0.25) is 4.79 Å². The molecule has 1 aromatic carbocycles. The summed E-state index contributed by atoms with van der Waals surface area (Å²) >= 11 is 0. The third-order valence-corrected chi connectivity index (χ3v) is 2.23. The van der Waals surface area contributed by atoms with Gasteiger partial charge in [0.2, 0.25) is 0 Å². The van der Waals surface area contributed by atoms with Crippen LogP contribution in [0.25, 0.3) is 0 Å². The van der Waals surface area contributed by atoms with Crippen molar-refractivity contribution in [3.05, 3.63) is 29.8 Å². The molecule has 0 unspecified atom stereocenters. The van der Waals surface area contributed by atoms with Crippen molar-refractivity contribution in [3.8, 4) is 5.75 Å². The summed E-state index contributed by atoms with van der Waals surface area (Å²) in [5.41, 5.74) is 6.40. The maximum Gasteiger partial charge on any atom is 0.320 e.